The summed E-state index contributed by atoms with van der Waals surface area (Å²) in [6.07, 6.45) is 1.31. The molecule has 0 saturated carbocycles. The standard InChI is InChI=1S/C21H14BrN5O3S/c22-15-8-6-13(7-9-15)17-11-10-16(30-17)12-23-25-19(29)18(28)24-21-27-26-20(31-21)14-4-2-1-3-5-14/h1-12H,(H,25,29)(H,24,27,28). The highest BCUT2D eigenvalue weighted by Crippen LogP contribution is 2.26. The van der Waals surface area contributed by atoms with Gasteiger partial charge >= 0.3 is 11.8 Å². The number of carbonyl (C=O) groups is 2. The Morgan fingerprint density at radius 2 is 1.71 bits per heavy atom. The fraction of sp³-hybridized carbons (Fsp3) is 0. The monoisotopic (exact) mass is 495 g/mol. The maximum atomic E-state index is 12.0. The van der Waals surface area contributed by atoms with Crippen molar-refractivity contribution in [2.24, 2.45) is 5.10 Å². The molecule has 31 heavy (non-hydrogen) atoms. The number of nitrogens with zero attached hydrogens (tertiary/aromatic N) is 3. The van der Waals surface area contributed by atoms with Gasteiger partial charge < -0.3 is 4.42 Å². The summed E-state index contributed by atoms with van der Waals surface area (Å²) < 4.78 is 6.63. The van der Waals surface area contributed by atoms with Crippen LogP contribution in [0.4, 0.5) is 5.13 Å². The van der Waals surface area contributed by atoms with E-state index in [1.807, 2.05) is 54.6 Å². The van der Waals surface area contributed by atoms with E-state index in [2.05, 4.69) is 42.0 Å². The maximum Gasteiger partial charge on any atom is 0.329 e. The molecular weight excluding hydrogens is 482 g/mol. The van der Waals surface area contributed by atoms with E-state index >= 15 is 0 Å². The number of carbonyl (C=O) groups excluding carboxylic acids is 2. The number of anilines is 1. The molecule has 2 N–H and O–H groups in total. The van der Waals surface area contributed by atoms with Crippen molar-refractivity contribution in [2.45, 2.75) is 0 Å². The number of amides is 2. The van der Waals surface area contributed by atoms with Gasteiger partial charge in [0.2, 0.25) is 5.13 Å². The van der Waals surface area contributed by atoms with Crippen LogP contribution in [0.2, 0.25) is 0 Å². The normalized spacial score (nSPS) is 10.9. The van der Waals surface area contributed by atoms with Gasteiger partial charge in [0.25, 0.3) is 0 Å². The minimum absolute atomic E-state index is 0.216. The van der Waals surface area contributed by atoms with Gasteiger partial charge in [0.05, 0.1) is 6.21 Å². The predicted octanol–water partition coefficient (Wildman–Crippen LogP) is 4.32. The Kier molecular flexibility index (Phi) is 6.29. The van der Waals surface area contributed by atoms with Crippen molar-refractivity contribution in [3.63, 3.8) is 0 Å². The van der Waals surface area contributed by atoms with E-state index in [4.69, 9.17) is 4.42 Å². The molecule has 2 aromatic heterocycles. The Hall–Kier alpha value is -3.63. The topological polar surface area (TPSA) is 109 Å². The van der Waals surface area contributed by atoms with Crippen molar-refractivity contribution in [1.29, 1.82) is 0 Å². The molecular formula is C21H14BrN5O3S. The van der Waals surface area contributed by atoms with Crippen LogP contribution in [0.3, 0.4) is 0 Å². The lowest BCUT2D eigenvalue weighted by Crippen LogP contribution is -2.32. The molecule has 0 spiro atoms. The molecule has 0 unspecified atom stereocenters. The third-order valence-corrected chi connectivity index (χ3v) is 5.40. The Morgan fingerprint density at radius 1 is 0.935 bits per heavy atom. The molecule has 0 aliphatic rings. The summed E-state index contributed by atoms with van der Waals surface area (Å²) >= 11 is 4.55. The lowest BCUT2D eigenvalue weighted by molar-refractivity contribution is -0.136. The van der Waals surface area contributed by atoms with Crippen LogP contribution in [0, 0.1) is 0 Å². The largest absolute Gasteiger partial charge is 0.455 e. The van der Waals surface area contributed by atoms with Gasteiger partial charge in [-0.2, -0.15) is 5.10 Å². The molecule has 2 aromatic carbocycles. The summed E-state index contributed by atoms with van der Waals surface area (Å²) in [5.74, 6) is -0.755. The van der Waals surface area contributed by atoms with Crippen LogP contribution in [0.1, 0.15) is 5.76 Å². The van der Waals surface area contributed by atoms with Gasteiger partial charge in [-0.1, -0.05) is 69.7 Å². The lowest BCUT2D eigenvalue weighted by Gasteiger charge is -1.99. The van der Waals surface area contributed by atoms with Crippen LogP contribution in [0.5, 0.6) is 0 Å². The molecule has 2 amide bonds. The highest BCUT2D eigenvalue weighted by Gasteiger charge is 2.16. The van der Waals surface area contributed by atoms with Gasteiger partial charge in [0.15, 0.2) is 0 Å². The van der Waals surface area contributed by atoms with Crippen LogP contribution in [0.15, 0.2) is 80.7 Å². The summed E-state index contributed by atoms with van der Waals surface area (Å²) in [4.78, 5) is 24.0. The third-order valence-electron chi connectivity index (χ3n) is 3.99. The average molecular weight is 496 g/mol. The van der Waals surface area contributed by atoms with E-state index in [9.17, 15) is 9.59 Å². The van der Waals surface area contributed by atoms with E-state index in [0.29, 0.717) is 16.5 Å². The molecule has 2 heterocycles. The maximum absolute atomic E-state index is 12.0. The van der Waals surface area contributed by atoms with Crippen molar-refractivity contribution in [1.82, 2.24) is 15.6 Å². The van der Waals surface area contributed by atoms with Crippen LogP contribution >= 0.6 is 27.3 Å². The van der Waals surface area contributed by atoms with E-state index < -0.39 is 11.8 Å². The Balaban J connectivity index is 1.31. The second-order valence-electron chi connectivity index (χ2n) is 6.14. The van der Waals surface area contributed by atoms with Crippen molar-refractivity contribution < 1.29 is 14.0 Å². The molecule has 8 nitrogen and oxygen atoms in total. The van der Waals surface area contributed by atoms with E-state index in [0.717, 1.165) is 26.9 Å². The van der Waals surface area contributed by atoms with Crippen LogP contribution in [-0.4, -0.2) is 28.2 Å². The third kappa shape index (κ3) is 5.30. The van der Waals surface area contributed by atoms with Gasteiger partial charge in [-0.15, -0.1) is 10.2 Å². The van der Waals surface area contributed by atoms with Crippen LogP contribution in [0.25, 0.3) is 21.9 Å². The predicted molar refractivity (Wildman–Crippen MR) is 122 cm³/mol. The van der Waals surface area contributed by atoms with Crippen LogP contribution in [-0.2, 0) is 9.59 Å². The molecule has 0 saturated heterocycles. The number of nitrogens with one attached hydrogen (secondary N) is 2. The van der Waals surface area contributed by atoms with E-state index in [-0.39, 0.29) is 5.13 Å². The lowest BCUT2D eigenvalue weighted by atomic mass is 10.2. The molecule has 0 fully saturated rings. The molecule has 154 valence electrons. The van der Waals surface area contributed by atoms with Crippen LogP contribution < -0.4 is 10.7 Å². The molecule has 0 bridgehead atoms. The summed E-state index contributed by atoms with van der Waals surface area (Å²) in [7, 11) is 0. The first-order chi connectivity index (χ1) is 15.1. The van der Waals surface area contributed by atoms with E-state index in [1.54, 1.807) is 12.1 Å². The zero-order valence-corrected chi connectivity index (χ0v) is 18.2. The molecule has 4 aromatic rings. The highest BCUT2D eigenvalue weighted by atomic mass is 79.9. The molecule has 0 atom stereocenters. The zero-order chi connectivity index (χ0) is 21.6. The Morgan fingerprint density at radius 3 is 2.48 bits per heavy atom. The number of hydrogen-bond donors (Lipinski definition) is 2. The highest BCUT2D eigenvalue weighted by molar-refractivity contribution is 9.10. The van der Waals surface area contributed by atoms with Crippen molar-refractivity contribution in [3.8, 4) is 21.9 Å². The molecule has 10 heteroatoms. The van der Waals surface area contributed by atoms with Gasteiger partial charge in [-0.05, 0) is 24.3 Å². The minimum atomic E-state index is -0.938. The smallest absolute Gasteiger partial charge is 0.329 e. The first kappa shape index (κ1) is 20.6. The Labute approximate surface area is 189 Å². The number of halogens is 1. The number of rotatable bonds is 5. The fourth-order valence-corrected chi connectivity index (χ4v) is 3.53. The molecule has 0 aliphatic heterocycles. The zero-order valence-electron chi connectivity index (χ0n) is 15.8. The summed E-state index contributed by atoms with van der Waals surface area (Å²) in [5, 5.41) is 14.9. The summed E-state index contributed by atoms with van der Waals surface area (Å²) in [6.45, 7) is 0. The number of furan rings is 1. The van der Waals surface area contributed by atoms with Gasteiger partial charge in [0, 0.05) is 15.6 Å². The second kappa shape index (κ2) is 9.45. The van der Waals surface area contributed by atoms with Crippen molar-refractivity contribution >= 4 is 50.4 Å². The summed E-state index contributed by atoms with van der Waals surface area (Å²) in [5.41, 5.74) is 3.93. The number of hydrazone groups is 1. The van der Waals surface area contributed by atoms with Crippen molar-refractivity contribution in [3.05, 3.63) is 77.0 Å². The quantitative estimate of drug-likeness (QED) is 0.243. The fourth-order valence-electron chi connectivity index (χ4n) is 2.52. The molecule has 0 radical (unpaired) electrons. The average Bonchev–Trinajstić information content (AvgIpc) is 3.45. The summed E-state index contributed by atoms with van der Waals surface area (Å²) in [6, 6.07) is 20.5. The Bertz CT molecular complexity index is 1240. The van der Waals surface area contributed by atoms with Gasteiger partial charge in [-0.3, -0.25) is 14.9 Å². The minimum Gasteiger partial charge on any atom is -0.455 e. The second-order valence-corrected chi connectivity index (χ2v) is 8.03. The first-order valence-electron chi connectivity index (χ1n) is 8.97. The molecule has 0 aliphatic carbocycles. The molecule has 4 rings (SSSR count). The van der Waals surface area contributed by atoms with Gasteiger partial charge in [0.1, 0.15) is 16.5 Å². The van der Waals surface area contributed by atoms with Gasteiger partial charge in [-0.25, -0.2) is 5.43 Å². The van der Waals surface area contributed by atoms with E-state index in [1.165, 1.54) is 6.21 Å². The number of hydrogen-bond acceptors (Lipinski definition) is 7. The van der Waals surface area contributed by atoms with Crippen molar-refractivity contribution in [2.75, 3.05) is 5.32 Å². The number of benzene rings is 2. The first-order valence-corrected chi connectivity index (χ1v) is 10.6. The number of aromatic nitrogens is 2. The SMILES string of the molecule is O=C(NN=Cc1ccc(-c2ccc(Br)cc2)o1)C(=O)Nc1nnc(-c2ccccc2)s1.